The van der Waals surface area contributed by atoms with Crippen molar-refractivity contribution in [2.75, 3.05) is 11.9 Å². The summed E-state index contributed by atoms with van der Waals surface area (Å²) >= 11 is 0. The summed E-state index contributed by atoms with van der Waals surface area (Å²) in [6, 6.07) is 7.23. The number of anilines is 1. The number of carbonyl (C=O) groups is 2. The minimum absolute atomic E-state index is 0.0811. The van der Waals surface area contributed by atoms with Gasteiger partial charge in [-0.25, -0.2) is 0 Å². The molecule has 1 amide bonds. The Balaban J connectivity index is 2.66. The van der Waals surface area contributed by atoms with Crippen LogP contribution in [-0.2, 0) is 16.0 Å². The topological polar surface area (TPSA) is 92.4 Å². The van der Waals surface area contributed by atoms with E-state index in [-0.39, 0.29) is 18.2 Å². The number of aryl methyl sites for hydroxylation is 1. The predicted octanol–water partition coefficient (Wildman–Crippen LogP) is 1.63. The average Bonchev–Trinajstić information content (AvgIpc) is 2.38. The second kappa shape index (κ2) is 7.53. The van der Waals surface area contributed by atoms with Crippen LogP contribution in [0.1, 0.15) is 25.3 Å². The van der Waals surface area contributed by atoms with E-state index in [9.17, 15) is 9.59 Å². The van der Waals surface area contributed by atoms with Gasteiger partial charge in [0, 0.05) is 18.7 Å². The number of nitrogens with one attached hydrogen (secondary N) is 1. The molecule has 1 aromatic carbocycles. The highest BCUT2D eigenvalue weighted by Crippen LogP contribution is 2.14. The minimum Gasteiger partial charge on any atom is -0.481 e. The first-order valence-corrected chi connectivity index (χ1v) is 6.38. The Morgan fingerprint density at radius 1 is 1.42 bits per heavy atom. The quantitative estimate of drug-likeness (QED) is 0.697. The molecular formula is C14H20N2O3. The maximum Gasteiger partial charge on any atom is 0.303 e. The van der Waals surface area contributed by atoms with Gasteiger partial charge in [-0.05, 0) is 30.5 Å². The van der Waals surface area contributed by atoms with Crippen molar-refractivity contribution < 1.29 is 14.7 Å². The second-order valence-electron chi connectivity index (χ2n) is 4.42. The minimum atomic E-state index is -0.830. The Labute approximate surface area is 112 Å². The Morgan fingerprint density at radius 3 is 2.74 bits per heavy atom. The summed E-state index contributed by atoms with van der Waals surface area (Å²) in [5, 5.41) is 11.4. The Morgan fingerprint density at radius 2 is 2.16 bits per heavy atom. The van der Waals surface area contributed by atoms with Crippen LogP contribution in [0.5, 0.6) is 0 Å². The number of amides is 1. The molecule has 0 bridgehead atoms. The summed E-state index contributed by atoms with van der Waals surface area (Å²) < 4.78 is 0. The molecule has 0 aromatic heterocycles. The molecule has 0 aliphatic carbocycles. The van der Waals surface area contributed by atoms with Crippen molar-refractivity contribution in [1.82, 2.24) is 0 Å². The van der Waals surface area contributed by atoms with E-state index >= 15 is 0 Å². The van der Waals surface area contributed by atoms with Crippen LogP contribution in [0.4, 0.5) is 5.69 Å². The molecule has 0 aliphatic rings. The number of benzene rings is 1. The summed E-state index contributed by atoms with van der Waals surface area (Å²) in [5.41, 5.74) is 7.09. The van der Waals surface area contributed by atoms with Gasteiger partial charge in [-0.3, -0.25) is 9.59 Å². The monoisotopic (exact) mass is 264 g/mol. The lowest BCUT2D eigenvalue weighted by atomic mass is 10.1. The molecule has 4 N–H and O–H groups in total. The molecule has 19 heavy (non-hydrogen) atoms. The van der Waals surface area contributed by atoms with Crippen LogP contribution >= 0.6 is 0 Å². The van der Waals surface area contributed by atoms with Gasteiger partial charge >= 0.3 is 5.97 Å². The molecule has 104 valence electrons. The van der Waals surface area contributed by atoms with Crippen molar-refractivity contribution in [3.8, 4) is 0 Å². The third-order valence-corrected chi connectivity index (χ3v) is 2.97. The Kier molecular flexibility index (Phi) is 6.02. The first kappa shape index (κ1) is 15.2. The van der Waals surface area contributed by atoms with Gasteiger partial charge in [0.2, 0.25) is 5.91 Å². The molecule has 5 heteroatoms. The maximum absolute atomic E-state index is 11.9. The number of carboxylic acids is 1. The van der Waals surface area contributed by atoms with Crippen LogP contribution in [-0.4, -0.2) is 23.5 Å². The van der Waals surface area contributed by atoms with Crippen LogP contribution < -0.4 is 11.1 Å². The number of nitrogens with two attached hydrogens (primary N) is 1. The van der Waals surface area contributed by atoms with E-state index in [1.807, 2.05) is 13.0 Å². The zero-order valence-corrected chi connectivity index (χ0v) is 11.1. The first-order chi connectivity index (χ1) is 9.06. The van der Waals surface area contributed by atoms with E-state index in [0.717, 1.165) is 5.56 Å². The highest BCUT2D eigenvalue weighted by atomic mass is 16.4. The fraction of sp³-hybridized carbons (Fsp3) is 0.429. The number of hydrogen-bond acceptors (Lipinski definition) is 3. The summed E-state index contributed by atoms with van der Waals surface area (Å²) in [6.45, 7) is 2.24. The summed E-state index contributed by atoms with van der Waals surface area (Å²) in [4.78, 5) is 22.4. The molecule has 1 atom stereocenters. The largest absolute Gasteiger partial charge is 0.481 e. The predicted molar refractivity (Wildman–Crippen MR) is 73.9 cm³/mol. The zero-order valence-electron chi connectivity index (χ0n) is 11.1. The van der Waals surface area contributed by atoms with E-state index in [1.165, 1.54) is 0 Å². The van der Waals surface area contributed by atoms with Gasteiger partial charge in [0.05, 0.1) is 5.92 Å². The molecule has 0 saturated heterocycles. The van der Waals surface area contributed by atoms with Gasteiger partial charge < -0.3 is 16.2 Å². The fourth-order valence-corrected chi connectivity index (χ4v) is 1.76. The summed E-state index contributed by atoms with van der Waals surface area (Å²) in [6.07, 6.45) is 1.23. The first-order valence-electron chi connectivity index (χ1n) is 6.38. The smallest absolute Gasteiger partial charge is 0.303 e. The number of aliphatic carboxylic acids is 1. The molecule has 5 nitrogen and oxygen atoms in total. The van der Waals surface area contributed by atoms with Crippen LogP contribution in [0, 0.1) is 5.92 Å². The molecular weight excluding hydrogens is 244 g/mol. The summed E-state index contributed by atoms with van der Waals surface area (Å²) in [5.74, 6) is -1.12. The van der Waals surface area contributed by atoms with Crippen molar-refractivity contribution in [3.63, 3.8) is 0 Å². The van der Waals surface area contributed by atoms with Gasteiger partial charge in [-0.2, -0.15) is 0 Å². The van der Waals surface area contributed by atoms with E-state index < -0.39 is 5.97 Å². The molecule has 0 fully saturated rings. The molecule has 0 radical (unpaired) electrons. The molecule has 1 unspecified atom stereocenters. The normalized spacial score (nSPS) is 11.9. The highest BCUT2D eigenvalue weighted by Gasteiger charge is 2.14. The lowest BCUT2D eigenvalue weighted by Crippen LogP contribution is -2.28. The van der Waals surface area contributed by atoms with Gasteiger partial charge in [0.25, 0.3) is 0 Å². The zero-order chi connectivity index (χ0) is 14.3. The van der Waals surface area contributed by atoms with Crippen molar-refractivity contribution in [2.45, 2.75) is 26.2 Å². The maximum atomic E-state index is 11.9. The van der Waals surface area contributed by atoms with Crippen molar-refractivity contribution in [1.29, 1.82) is 0 Å². The highest BCUT2D eigenvalue weighted by molar-refractivity contribution is 5.92. The molecule has 1 aromatic rings. The molecule has 0 spiro atoms. The van der Waals surface area contributed by atoms with Gasteiger partial charge in [0.1, 0.15) is 0 Å². The Hall–Kier alpha value is -1.88. The van der Waals surface area contributed by atoms with E-state index in [2.05, 4.69) is 5.32 Å². The molecule has 0 saturated carbocycles. The van der Waals surface area contributed by atoms with Crippen LogP contribution in [0.2, 0.25) is 0 Å². The van der Waals surface area contributed by atoms with Crippen molar-refractivity contribution >= 4 is 17.6 Å². The van der Waals surface area contributed by atoms with Gasteiger partial charge in [-0.1, -0.05) is 19.1 Å². The lowest BCUT2D eigenvalue weighted by Gasteiger charge is -2.13. The average molecular weight is 264 g/mol. The Bertz CT molecular complexity index is 442. The van der Waals surface area contributed by atoms with E-state index in [4.69, 9.17) is 10.8 Å². The molecule has 0 heterocycles. The van der Waals surface area contributed by atoms with Gasteiger partial charge in [-0.15, -0.1) is 0 Å². The van der Waals surface area contributed by atoms with Crippen LogP contribution in [0.3, 0.4) is 0 Å². The fourth-order valence-electron chi connectivity index (χ4n) is 1.76. The SMILES string of the molecule is CCC(CN)C(=O)Nc1cccc(CCC(=O)O)c1. The molecule has 1 rings (SSSR count). The number of hydrogen-bond donors (Lipinski definition) is 3. The van der Waals surface area contributed by atoms with Gasteiger partial charge in [0.15, 0.2) is 0 Å². The van der Waals surface area contributed by atoms with Crippen molar-refractivity contribution in [2.24, 2.45) is 11.7 Å². The van der Waals surface area contributed by atoms with E-state index in [0.29, 0.717) is 25.1 Å². The number of carboxylic acid groups (broad SMARTS) is 1. The third-order valence-electron chi connectivity index (χ3n) is 2.97. The number of carbonyl (C=O) groups excluding carboxylic acids is 1. The summed E-state index contributed by atoms with van der Waals surface area (Å²) in [7, 11) is 0. The van der Waals surface area contributed by atoms with Crippen molar-refractivity contribution in [3.05, 3.63) is 29.8 Å². The third kappa shape index (κ3) is 5.09. The van der Waals surface area contributed by atoms with E-state index in [1.54, 1.807) is 18.2 Å². The van der Waals surface area contributed by atoms with Crippen LogP contribution in [0.25, 0.3) is 0 Å². The lowest BCUT2D eigenvalue weighted by molar-refractivity contribution is -0.137. The molecule has 0 aliphatic heterocycles. The van der Waals surface area contributed by atoms with Crippen LogP contribution in [0.15, 0.2) is 24.3 Å². The standard InChI is InChI=1S/C14H20N2O3/c1-2-11(9-15)14(19)16-12-5-3-4-10(8-12)6-7-13(17)18/h3-5,8,11H,2,6-7,9,15H2,1H3,(H,16,19)(H,17,18). The number of rotatable bonds is 7. The second-order valence-corrected chi connectivity index (χ2v) is 4.42.